The summed E-state index contributed by atoms with van der Waals surface area (Å²) in [5, 5.41) is 11.9. The van der Waals surface area contributed by atoms with Crippen LogP contribution in [-0.2, 0) is 4.79 Å². The van der Waals surface area contributed by atoms with Crippen molar-refractivity contribution in [3.8, 4) is 0 Å². The van der Waals surface area contributed by atoms with Crippen molar-refractivity contribution in [2.75, 3.05) is 0 Å². The van der Waals surface area contributed by atoms with Crippen molar-refractivity contribution < 1.29 is 4.79 Å². The van der Waals surface area contributed by atoms with Crippen molar-refractivity contribution in [2.24, 2.45) is 0 Å². The van der Waals surface area contributed by atoms with E-state index < -0.39 is 0 Å². The summed E-state index contributed by atoms with van der Waals surface area (Å²) in [4.78, 5) is 11.9. The number of carbonyl (C=O) groups is 1. The SMILES string of the molecule is Cc1nnc(S[C@H](C)C(=O)NC(C)C)n1C1CC1. The standard InChI is InChI=1S/C12H20N4OS/c1-7(2)13-11(17)8(3)18-12-15-14-9(4)16(12)10-5-6-10/h7-8,10H,5-6H2,1-4H3,(H,13,17)/t8-/m1/s1. The van der Waals surface area contributed by atoms with E-state index in [1.165, 1.54) is 24.6 Å². The van der Waals surface area contributed by atoms with Gasteiger partial charge < -0.3 is 9.88 Å². The van der Waals surface area contributed by atoms with Gasteiger partial charge in [-0.2, -0.15) is 0 Å². The predicted molar refractivity (Wildman–Crippen MR) is 71.6 cm³/mol. The molecule has 6 heteroatoms. The molecule has 1 aromatic heterocycles. The molecule has 0 aromatic carbocycles. The van der Waals surface area contributed by atoms with Crippen LogP contribution in [0.1, 0.15) is 45.5 Å². The summed E-state index contributed by atoms with van der Waals surface area (Å²) < 4.78 is 2.16. The van der Waals surface area contributed by atoms with E-state index in [2.05, 4.69) is 20.1 Å². The van der Waals surface area contributed by atoms with Gasteiger partial charge in [-0.25, -0.2) is 0 Å². The fourth-order valence-corrected chi connectivity index (χ4v) is 2.77. The molecule has 0 spiro atoms. The second kappa shape index (κ2) is 5.30. The number of carbonyl (C=O) groups excluding carboxylic acids is 1. The first-order chi connectivity index (χ1) is 8.49. The smallest absolute Gasteiger partial charge is 0.233 e. The van der Waals surface area contributed by atoms with E-state index in [4.69, 9.17) is 0 Å². The summed E-state index contributed by atoms with van der Waals surface area (Å²) in [6, 6.07) is 0.714. The molecule has 2 rings (SSSR count). The van der Waals surface area contributed by atoms with Crippen LogP contribution in [-0.4, -0.2) is 32.0 Å². The van der Waals surface area contributed by atoms with E-state index in [0.717, 1.165) is 11.0 Å². The zero-order valence-corrected chi connectivity index (χ0v) is 12.1. The normalized spacial score (nSPS) is 16.9. The lowest BCUT2D eigenvalue weighted by Gasteiger charge is -2.14. The van der Waals surface area contributed by atoms with Crippen LogP contribution in [0.25, 0.3) is 0 Å². The Kier molecular flexibility index (Phi) is 3.94. The second-order valence-corrected chi connectivity index (χ2v) is 6.36. The molecule has 0 bridgehead atoms. The molecule has 100 valence electrons. The first kappa shape index (κ1) is 13.4. The number of aryl methyl sites for hydroxylation is 1. The third-order valence-electron chi connectivity index (χ3n) is 2.83. The van der Waals surface area contributed by atoms with Crippen LogP contribution in [0.2, 0.25) is 0 Å². The fraction of sp³-hybridized carbons (Fsp3) is 0.750. The van der Waals surface area contributed by atoms with Crippen molar-refractivity contribution in [3.05, 3.63) is 5.82 Å². The van der Waals surface area contributed by atoms with Crippen LogP contribution < -0.4 is 5.32 Å². The first-order valence-corrected chi connectivity index (χ1v) is 7.25. The average molecular weight is 268 g/mol. The molecule has 1 atom stereocenters. The van der Waals surface area contributed by atoms with Crippen molar-refractivity contribution >= 4 is 17.7 Å². The van der Waals surface area contributed by atoms with Crippen molar-refractivity contribution in [1.82, 2.24) is 20.1 Å². The highest BCUT2D eigenvalue weighted by Gasteiger charge is 2.29. The molecule has 1 N–H and O–H groups in total. The van der Waals surface area contributed by atoms with Gasteiger partial charge in [0.05, 0.1) is 5.25 Å². The lowest BCUT2D eigenvalue weighted by Crippen LogP contribution is -2.36. The van der Waals surface area contributed by atoms with Gasteiger partial charge in [-0.15, -0.1) is 10.2 Å². The number of nitrogens with one attached hydrogen (secondary N) is 1. The minimum atomic E-state index is -0.145. The number of nitrogens with zero attached hydrogens (tertiary/aromatic N) is 3. The summed E-state index contributed by atoms with van der Waals surface area (Å²) in [6.45, 7) is 7.80. The Bertz CT molecular complexity index is 439. The average Bonchev–Trinajstić information content (AvgIpc) is 3.04. The van der Waals surface area contributed by atoms with Crippen LogP contribution in [0.3, 0.4) is 0 Å². The summed E-state index contributed by atoms with van der Waals surface area (Å²) >= 11 is 1.49. The molecule has 1 aliphatic rings. The highest BCUT2D eigenvalue weighted by Crippen LogP contribution is 2.39. The Morgan fingerprint density at radius 2 is 2.06 bits per heavy atom. The van der Waals surface area contributed by atoms with Gasteiger partial charge in [-0.05, 0) is 40.5 Å². The topological polar surface area (TPSA) is 59.8 Å². The Balaban J connectivity index is 2.02. The molecule has 0 unspecified atom stereocenters. The molecule has 18 heavy (non-hydrogen) atoms. The monoisotopic (exact) mass is 268 g/mol. The Morgan fingerprint density at radius 1 is 1.39 bits per heavy atom. The molecule has 1 saturated carbocycles. The van der Waals surface area contributed by atoms with Crippen molar-refractivity contribution in [3.63, 3.8) is 0 Å². The molecule has 0 aliphatic heterocycles. The van der Waals surface area contributed by atoms with Crippen molar-refractivity contribution in [1.29, 1.82) is 0 Å². The van der Waals surface area contributed by atoms with E-state index in [-0.39, 0.29) is 17.2 Å². The minimum Gasteiger partial charge on any atom is -0.353 e. The van der Waals surface area contributed by atoms with Gasteiger partial charge >= 0.3 is 0 Å². The highest BCUT2D eigenvalue weighted by atomic mass is 32.2. The molecule has 1 fully saturated rings. The van der Waals surface area contributed by atoms with Gasteiger partial charge in [-0.1, -0.05) is 11.8 Å². The van der Waals surface area contributed by atoms with E-state index in [9.17, 15) is 4.79 Å². The highest BCUT2D eigenvalue weighted by molar-refractivity contribution is 8.00. The summed E-state index contributed by atoms with van der Waals surface area (Å²) in [5.41, 5.74) is 0. The third kappa shape index (κ3) is 3.04. The van der Waals surface area contributed by atoms with Gasteiger partial charge in [0.1, 0.15) is 5.82 Å². The maximum absolute atomic E-state index is 11.9. The molecule has 1 amide bonds. The number of rotatable bonds is 5. The van der Waals surface area contributed by atoms with Crippen molar-refractivity contribution in [2.45, 2.75) is 63.0 Å². The molecule has 1 heterocycles. The number of thioether (sulfide) groups is 1. The largest absolute Gasteiger partial charge is 0.353 e. The van der Waals surface area contributed by atoms with Crippen LogP contribution in [0.15, 0.2) is 5.16 Å². The number of aromatic nitrogens is 3. The molecular formula is C12H20N4OS. The molecule has 5 nitrogen and oxygen atoms in total. The van der Waals surface area contributed by atoms with Crippen LogP contribution in [0.4, 0.5) is 0 Å². The zero-order valence-electron chi connectivity index (χ0n) is 11.3. The molecule has 1 aromatic rings. The van der Waals surface area contributed by atoms with Crippen LogP contribution in [0.5, 0.6) is 0 Å². The molecule has 0 saturated heterocycles. The Morgan fingerprint density at radius 3 is 2.61 bits per heavy atom. The van der Waals surface area contributed by atoms with Gasteiger partial charge in [0.15, 0.2) is 5.16 Å². The lowest BCUT2D eigenvalue weighted by molar-refractivity contribution is -0.120. The Labute approximate surface area is 112 Å². The lowest BCUT2D eigenvalue weighted by atomic mass is 10.3. The van der Waals surface area contributed by atoms with Gasteiger partial charge in [0, 0.05) is 12.1 Å². The minimum absolute atomic E-state index is 0.0537. The maximum atomic E-state index is 11.9. The first-order valence-electron chi connectivity index (χ1n) is 6.37. The second-order valence-electron chi connectivity index (χ2n) is 5.05. The molecular weight excluding hydrogens is 248 g/mol. The summed E-state index contributed by atoms with van der Waals surface area (Å²) in [5.74, 6) is 0.995. The Hall–Kier alpha value is -1.04. The van der Waals surface area contributed by atoms with E-state index in [1.54, 1.807) is 0 Å². The zero-order chi connectivity index (χ0) is 13.3. The van der Waals surface area contributed by atoms with E-state index in [1.807, 2.05) is 27.7 Å². The maximum Gasteiger partial charge on any atom is 0.233 e. The van der Waals surface area contributed by atoms with Gasteiger partial charge in [0.2, 0.25) is 5.91 Å². The quantitative estimate of drug-likeness (QED) is 0.829. The summed E-state index contributed by atoms with van der Waals surface area (Å²) in [6.07, 6.45) is 2.39. The fourth-order valence-electron chi connectivity index (χ4n) is 1.80. The number of hydrogen-bond donors (Lipinski definition) is 1. The number of amides is 1. The molecule has 0 radical (unpaired) electrons. The number of hydrogen-bond acceptors (Lipinski definition) is 4. The van der Waals surface area contributed by atoms with Crippen LogP contribution >= 0.6 is 11.8 Å². The van der Waals surface area contributed by atoms with Crippen LogP contribution in [0, 0.1) is 6.92 Å². The third-order valence-corrected chi connectivity index (χ3v) is 3.89. The summed E-state index contributed by atoms with van der Waals surface area (Å²) in [7, 11) is 0. The predicted octanol–water partition coefficient (Wildman–Crippen LogP) is 1.93. The van der Waals surface area contributed by atoms with E-state index >= 15 is 0 Å². The van der Waals surface area contributed by atoms with Gasteiger partial charge in [0.25, 0.3) is 0 Å². The van der Waals surface area contributed by atoms with E-state index in [0.29, 0.717) is 6.04 Å². The van der Waals surface area contributed by atoms with Gasteiger partial charge in [-0.3, -0.25) is 4.79 Å². The molecule has 1 aliphatic carbocycles.